The zero-order chi connectivity index (χ0) is 11.5. The van der Waals surface area contributed by atoms with Crippen LogP contribution >= 0.6 is 0 Å². The van der Waals surface area contributed by atoms with Crippen LogP contribution in [-0.4, -0.2) is 10.9 Å². The van der Waals surface area contributed by atoms with E-state index in [1.54, 1.807) is 12.4 Å². The third-order valence-corrected chi connectivity index (χ3v) is 2.32. The zero-order valence-electron chi connectivity index (χ0n) is 9.03. The Morgan fingerprint density at radius 2 is 2.06 bits per heavy atom. The summed E-state index contributed by atoms with van der Waals surface area (Å²) < 4.78 is 0. The van der Waals surface area contributed by atoms with E-state index < -0.39 is 0 Å². The molecule has 0 aliphatic carbocycles. The normalized spacial score (nSPS) is 10.1. The lowest BCUT2D eigenvalue weighted by Crippen LogP contribution is -2.17. The Kier molecular flexibility index (Phi) is 2.68. The molecule has 0 fully saturated rings. The zero-order valence-corrected chi connectivity index (χ0v) is 9.03. The van der Waals surface area contributed by atoms with Gasteiger partial charge in [0.05, 0.1) is 0 Å². The van der Waals surface area contributed by atoms with Crippen LogP contribution in [0.4, 0.5) is 0 Å². The first kappa shape index (κ1) is 10.4. The van der Waals surface area contributed by atoms with Gasteiger partial charge in [-0.05, 0) is 5.39 Å². The van der Waals surface area contributed by atoms with Crippen molar-refractivity contribution in [2.24, 2.45) is 0 Å². The molecule has 16 heavy (non-hydrogen) atoms. The van der Waals surface area contributed by atoms with Crippen LogP contribution in [0.3, 0.4) is 0 Å². The van der Waals surface area contributed by atoms with Crippen molar-refractivity contribution in [2.45, 2.75) is 6.92 Å². The average Bonchev–Trinajstić information content (AvgIpc) is 2.27. The Balaban J connectivity index is 2.52. The number of hydrogen-bond acceptors (Lipinski definition) is 2. The van der Waals surface area contributed by atoms with Crippen LogP contribution < -0.4 is 5.32 Å². The molecule has 1 amide bonds. The Bertz CT molecular complexity index is 555. The molecule has 1 aromatic heterocycles. The molecule has 0 saturated carbocycles. The molecular formula is C13H12N2O. The van der Waals surface area contributed by atoms with E-state index in [0.29, 0.717) is 5.70 Å². The largest absolute Gasteiger partial charge is 0.326 e. The maximum atomic E-state index is 11.0. The van der Waals surface area contributed by atoms with Crippen molar-refractivity contribution in [2.75, 3.05) is 0 Å². The maximum absolute atomic E-state index is 11.0. The van der Waals surface area contributed by atoms with Crippen molar-refractivity contribution in [1.82, 2.24) is 10.3 Å². The highest BCUT2D eigenvalue weighted by atomic mass is 16.1. The molecule has 0 radical (unpaired) electrons. The summed E-state index contributed by atoms with van der Waals surface area (Å²) >= 11 is 0. The molecule has 2 rings (SSSR count). The van der Waals surface area contributed by atoms with Crippen LogP contribution in [0.5, 0.6) is 0 Å². The first-order chi connectivity index (χ1) is 7.68. The lowest BCUT2D eigenvalue weighted by molar-refractivity contribution is -0.117. The van der Waals surface area contributed by atoms with Gasteiger partial charge in [0.15, 0.2) is 0 Å². The van der Waals surface area contributed by atoms with Gasteiger partial charge in [0.25, 0.3) is 0 Å². The number of amides is 1. The summed E-state index contributed by atoms with van der Waals surface area (Å²) in [5.74, 6) is -0.127. The monoisotopic (exact) mass is 212 g/mol. The van der Waals surface area contributed by atoms with Crippen molar-refractivity contribution < 1.29 is 4.79 Å². The van der Waals surface area contributed by atoms with Gasteiger partial charge in [0.2, 0.25) is 5.91 Å². The van der Waals surface area contributed by atoms with E-state index in [1.807, 2.05) is 24.3 Å². The van der Waals surface area contributed by atoms with Crippen molar-refractivity contribution >= 4 is 22.4 Å². The van der Waals surface area contributed by atoms with Gasteiger partial charge in [-0.25, -0.2) is 0 Å². The Labute approximate surface area is 93.8 Å². The molecule has 0 unspecified atom stereocenters. The molecular weight excluding hydrogens is 200 g/mol. The summed E-state index contributed by atoms with van der Waals surface area (Å²) in [6.45, 7) is 5.31. The fourth-order valence-electron chi connectivity index (χ4n) is 1.64. The summed E-state index contributed by atoms with van der Waals surface area (Å²) in [6.07, 6.45) is 3.50. The van der Waals surface area contributed by atoms with Crippen molar-refractivity contribution in [1.29, 1.82) is 0 Å². The van der Waals surface area contributed by atoms with Gasteiger partial charge in [-0.15, -0.1) is 0 Å². The topological polar surface area (TPSA) is 42.0 Å². The van der Waals surface area contributed by atoms with Crippen molar-refractivity contribution in [3.05, 3.63) is 48.8 Å². The number of hydrogen-bond donors (Lipinski definition) is 1. The predicted octanol–water partition coefficient (Wildman–Crippen LogP) is 2.34. The van der Waals surface area contributed by atoms with Gasteiger partial charge in [-0.3, -0.25) is 9.78 Å². The molecule has 0 spiro atoms. The first-order valence-corrected chi connectivity index (χ1v) is 4.98. The Hall–Kier alpha value is -2.16. The summed E-state index contributed by atoms with van der Waals surface area (Å²) in [4.78, 5) is 15.1. The third-order valence-electron chi connectivity index (χ3n) is 2.32. The van der Waals surface area contributed by atoms with E-state index >= 15 is 0 Å². The van der Waals surface area contributed by atoms with Crippen LogP contribution in [-0.2, 0) is 4.79 Å². The van der Waals surface area contributed by atoms with Gasteiger partial charge in [0.1, 0.15) is 0 Å². The average molecular weight is 212 g/mol. The van der Waals surface area contributed by atoms with E-state index in [-0.39, 0.29) is 5.91 Å². The number of carbonyl (C=O) groups excluding carboxylic acids is 1. The number of rotatable bonds is 2. The Morgan fingerprint density at radius 3 is 2.81 bits per heavy atom. The number of aromatic nitrogens is 1. The minimum atomic E-state index is -0.127. The van der Waals surface area contributed by atoms with Crippen LogP contribution in [0.1, 0.15) is 12.5 Å². The predicted molar refractivity (Wildman–Crippen MR) is 64.6 cm³/mol. The molecule has 3 heteroatoms. The van der Waals surface area contributed by atoms with Crippen LogP contribution in [0.15, 0.2) is 43.2 Å². The maximum Gasteiger partial charge on any atom is 0.221 e. The summed E-state index contributed by atoms with van der Waals surface area (Å²) in [6, 6.07) is 7.87. The molecule has 0 bridgehead atoms. The molecule has 3 nitrogen and oxygen atoms in total. The van der Waals surface area contributed by atoms with E-state index in [9.17, 15) is 4.79 Å². The SMILES string of the molecule is C=C(NC(C)=O)c1cncc2ccccc12. The number of carbonyl (C=O) groups is 1. The Morgan fingerprint density at radius 1 is 1.31 bits per heavy atom. The summed E-state index contributed by atoms with van der Waals surface area (Å²) in [5, 5.41) is 4.75. The quantitative estimate of drug-likeness (QED) is 0.830. The molecule has 2 aromatic rings. The van der Waals surface area contributed by atoms with E-state index in [0.717, 1.165) is 16.3 Å². The van der Waals surface area contributed by atoms with Crippen LogP contribution in [0.25, 0.3) is 16.5 Å². The molecule has 80 valence electrons. The van der Waals surface area contributed by atoms with Gasteiger partial charge in [-0.2, -0.15) is 0 Å². The van der Waals surface area contributed by atoms with Gasteiger partial charge in [-0.1, -0.05) is 30.8 Å². The first-order valence-electron chi connectivity index (χ1n) is 4.98. The highest BCUT2D eigenvalue weighted by Gasteiger charge is 2.05. The van der Waals surface area contributed by atoms with Crippen LogP contribution in [0.2, 0.25) is 0 Å². The molecule has 0 saturated heterocycles. The highest BCUT2D eigenvalue weighted by Crippen LogP contribution is 2.21. The van der Waals surface area contributed by atoms with E-state index in [2.05, 4.69) is 16.9 Å². The lowest BCUT2D eigenvalue weighted by Gasteiger charge is -2.08. The number of benzene rings is 1. The lowest BCUT2D eigenvalue weighted by atomic mass is 10.1. The van der Waals surface area contributed by atoms with Crippen molar-refractivity contribution in [3.63, 3.8) is 0 Å². The molecule has 1 N–H and O–H groups in total. The van der Waals surface area contributed by atoms with Crippen molar-refractivity contribution in [3.8, 4) is 0 Å². The minimum Gasteiger partial charge on any atom is -0.326 e. The second-order valence-electron chi connectivity index (χ2n) is 3.57. The standard InChI is InChI=1S/C13H12N2O/c1-9(15-10(2)16)13-8-14-7-11-5-3-4-6-12(11)13/h3-8H,1H2,2H3,(H,15,16). The molecule has 0 aliphatic rings. The van der Waals surface area contributed by atoms with Gasteiger partial charge >= 0.3 is 0 Å². The van der Waals surface area contributed by atoms with Gasteiger partial charge < -0.3 is 5.32 Å². The van der Waals surface area contributed by atoms with E-state index in [4.69, 9.17) is 0 Å². The third kappa shape index (κ3) is 1.93. The second kappa shape index (κ2) is 4.14. The molecule has 1 aromatic carbocycles. The van der Waals surface area contributed by atoms with Crippen LogP contribution in [0, 0.1) is 0 Å². The highest BCUT2D eigenvalue weighted by molar-refractivity contribution is 5.95. The van der Waals surface area contributed by atoms with E-state index in [1.165, 1.54) is 6.92 Å². The number of nitrogens with one attached hydrogen (secondary N) is 1. The fourth-order valence-corrected chi connectivity index (χ4v) is 1.64. The smallest absolute Gasteiger partial charge is 0.221 e. The summed E-state index contributed by atoms with van der Waals surface area (Å²) in [7, 11) is 0. The molecule has 0 aliphatic heterocycles. The number of fused-ring (bicyclic) bond motifs is 1. The van der Waals surface area contributed by atoms with Gasteiger partial charge in [0, 0.05) is 36.0 Å². The number of nitrogens with zero attached hydrogens (tertiary/aromatic N) is 1. The number of pyridine rings is 1. The fraction of sp³-hybridized carbons (Fsp3) is 0.0769. The minimum absolute atomic E-state index is 0.127. The molecule has 0 atom stereocenters. The second-order valence-corrected chi connectivity index (χ2v) is 3.57. The summed E-state index contributed by atoms with van der Waals surface area (Å²) in [5.41, 5.74) is 1.44. The molecule has 1 heterocycles.